The molecular formula is C12H13F4N. The highest BCUT2D eigenvalue weighted by Gasteiger charge is 2.37. The Morgan fingerprint density at radius 2 is 1.94 bits per heavy atom. The van der Waals surface area contributed by atoms with Crippen LogP contribution in [0.1, 0.15) is 30.1 Å². The molecular weight excluding hydrogens is 234 g/mol. The van der Waals surface area contributed by atoms with E-state index in [-0.39, 0.29) is 5.56 Å². The van der Waals surface area contributed by atoms with Gasteiger partial charge in [-0.2, -0.15) is 13.2 Å². The summed E-state index contributed by atoms with van der Waals surface area (Å²) < 4.78 is 52.2. The molecule has 0 saturated carbocycles. The second-order valence-corrected chi connectivity index (χ2v) is 4.19. The SMILES string of the molecule is FC(c1ccccc1C(F)(F)F)C1CCCN1. The molecule has 17 heavy (non-hydrogen) atoms. The Labute approximate surface area is 96.8 Å². The van der Waals surface area contributed by atoms with Gasteiger partial charge in [0.15, 0.2) is 0 Å². The van der Waals surface area contributed by atoms with Crippen molar-refractivity contribution in [2.75, 3.05) is 6.54 Å². The summed E-state index contributed by atoms with van der Waals surface area (Å²) in [5, 5.41) is 2.89. The van der Waals surface area contributed by atoms with E-state index >= 15 is 0 Å². The highest BCUT2D eigenvalue weighted by atomic mass is 19.4. The molecule has 1 nitrogen and oxygen atoms in total. The zero-order valence-corrected chi connectivity index (χ0v) is 9.10. The van der Waals surface area contributed by atoms with Crippen molar-refractivity contribution in [1.82, 2.24) is 5.32 Å². The Balaban J connectivity index is 2.31. The second kappa shape index (κ2) is 4.64. The minimum absolute atomic E-state index is 0.264. The number of benzene rings is 1. The first kappa shape index (κ1) is 12.4. The Morgan fingerprint density at radius 3 is 2.53 bits per heavy atom. The highest BCUT2D eigenvalue weighted by molar-refractivity contribution is 5.32. The van der Waals surface area contributed by atoms with Crippen LogP contribution in [0.2, 0.25) is 0 Å². The van der Waals surface area contributed by atoms with Crippen molar-refractivity contribution in [3.63, 3.8) is 0 Å². The third kappa shape index (κ3) is 2.60. The lowest BCUT2D eigenvalue weighted by Gasteiger charge is -2.20. The molecule has 1 aliphatic rings. The van der Waals surface area contributed by atoms with Gasteiger partial charge in [-0.25, -0.2) is 4.39 Å². The molecule has 0 aliphatic carbocycles. The number of alkyl halides is 4. The summed E-state index contributed by atoms with van der Waals surface area (Å²) in [4.78, 5) is 0. The van der Waals surface area contributed by atoms with Gasteiger partial charge in [-0.3, -0.25) is 0 Å². The molecule has 2 atom stereocenters. The molecule has 1 heterocycles. The fourth-order valence-corrected chi connectivity index (χ4v) is 2.17. The normalized spacial score (nSPS) is 22.7. The van der Waals surface area contributed by atoms with Crippen molar-refractivity contribution in [1.29, 1.82) is 0 Å². The summed E-state index contributed by atoms with van der Waals surface area (Å²) in [6.07, 6.45) is -4.72. The smallest absolute Gasteiger partial charge is 0.311 e. The van der Waals surface area contributed by atoms with E-state index in [0.29, 0.717) is 13.0 Å². The van der Waals surface area contributed by atoms with Crippen LogP contribution >= 0.6 is 0 Å². The topological polar surface area (TPSA) is 12.0 Å². The lowest BCUT2D eigenvalue weighted by Crippen LogP contribution is -2.28. The largest absolute Gasteiger partial charge is 0.416 e. The summed E-state index contributed by atoms with van der Waals surface area (Å²) in [7, 11) is 0. The van der Waals surface area contributed by atoms with Crippen LogP contribution in [-0.4, -0.2) is 12.6 Å². The molecule has 1 fully saturated rings. The van der Waals surface area contributed by atoms with Gasteiger partial charge in [0.2, 0.25) is 0 Å². The first-order valence-electron chi connectivity index (χ1n) is 5.54. The van der Waals surface area contributed by atoms with Gasteiger partial charge in [-0.15, -0.1) is 0 Å². The summed E-state index contributed by atoms with van der Waals surface area (Å²) in [5.74, 6) is 0. The third-order valence-corrected chi connectivity index (χ3v) is 3.01. The summed E-state index contributed by atoms with van der Waals surface area (Å²) in [6, 6.07) is 4.36. The van der Waals surface area contributed by atoms with E-state index in [0.717, 1.165) is 12.5 Å². The van der Waals surface area contributed by atoms with E-state index in [4.69, 9.17) is 0 Å². The molecule has 0 amide bonds. The number of hydrogen-bond acceptors (Lipinski definition) is 1. The molecule has 0 aromatic heterocycles. The number of halogens is 4. The zero-order valence-electron chi connectivity index (χ0n) is 9.10. The molecule has 0 bridgehead atoms. The minimum Gasteiger partial charge on any atom is -0.311 e. The molecule has 0 spiro atoms. The lowest BCUT2D eigenvalue weighted by molar-refractivity contribution is -0.138. The van der Waals surface area contributed by atoms with Gasteiger partial charge in [0.25, 0.3) is 0 Å². The van der Waals surface area contributed by atoms with Crippen LogP contribution in [0.5, 0.6) is 0 Å². The zero-order chi connectivity index (χ0) is 12.5. The van der Waals surface area contributed by atoms with Crippen LogP contribution in [0.4, 0.5) is 17.6 Å². The van der Waals surface area contributed by atoms with Crippen molar-refractivity contribution in [3.05, 3.63) is 35.4 Å². The van der Waals surface area contributed by atoms with Gasteiger partial charge in [0.05, 0.1) is 5.56 Å². The summed E-state index contributed by atoms with van der Waals surface area (Å²) in [6.45, 7) is 0.666. The van der Waals surface area contributed by atoms with Crippen LogP contribution in [0.25, 0.3) is 0 Å². The average molecular weight is 247 g/mol. The molecule has 1 aliphatic heterocycles. The van der Waals surface area contributed by atoms with Crippen molar-refractivity contribution in [3.8, 4) is 0 Å². The fourth-order valence-electron chi connectivity index (χ4n) is 2.17. The number of rotatable bonds is 2. The van der Waals surface area contributed by atoms with E-state index < -0.39 is 24.0 Å². The van der Waals surface area contributed by atoms with E-state index in [2.05, 4.69) is 5.32 Å². The Bertz CT molecular complexity index is 382. The maximum atomic E-state index is 14.1. The summed E-state index contributed by atoms with van der Waals surface area (Å²) in [5.41, 5.74) is -1.14. The average Bonchev–Trinajstić information content (AvgIpc) is 2.80. The Hall–Kier alpha value is -1.10. The molecule has 1 saturated heterocycles. The second-order valence-electron chi connectivity index (χ2n) is 4.19. The van der Waals surface area contributed by atoms with Gasteiger partial charge in [0, 0.05) is 6.04 Å². The predicted octanol–water partition coefficient (Wildman–Crippen LogP) is 3.47. The predicted molar refractivity (Wildman–Crippen MR) is 56.3 cm³/mol. The molecule has 0 radical (unpaired) electrons. The van der Waals surface area contributed by atoms with Crippen LogP contribution in [-0.2, 0) is 6.18 Å². The van der Waals surface area contributed by atoms with Crippen LogP contribution in [0, 0.1) is 0 Å². The van der Waals surface area contributed by atoms with E-state index in [1.54, 1.807) is 0 Å². The van der Waals surface area contributed by atoms with Crippen LogP contribution in [0.3, 0.4) is 0 Å². The van der Waals surface area contributed by atoms with Crippen molar-refractivity contribution in [2.45, 2.75) is 31.2 Å². The molecule has 1 aromatic carbocycles. The molecule has 2 rings (SSSR count). The quantitative estimate of drug-likeness (QED) is 0.789. The molecule has 5 heteroatoms. The van der Waals surface area contributed by atoms with Crippen molar-refractivity contribution in [2.24, 2.45) is 0 Å². The van der Waals surface area contributed by atoms with Gasteiger partial charge in [-0.1, -0.05) is 18.2 Å². The van der Waals surface area contributed by atoms with Gasteiger partial charge >= 0.3 is 6.18 Å². The molecule has 1 N–H and O–H groups in total. The van der Waals surface area contributed by atoms with Crippen molar-refractivity contribution < 1.29 is 17.6 Å². The monoisotopic (exact) mass is 247 g/mol. The molecule has 1 aromatic rings. The van der Waals surface area contributed by atoms with E-state index in [9.17, 15) is 17.6 Å². The van der Waals surface area contributed by atoms with E-state index in [1.807, 2.05) is 0 Å². The number of hydrogen-bond donors (Lipinski definition) is 1. The van der Waals surface area contributed by atoms with Gasteiger partial charge in [0.1, 0.15) is 6.17 Å². The maximum absolute atomic E-state index is 14.1. The fraction of sp³-hybridized carbons (Fsp3) is 0.500. The van der Waals surface area contributed by atoms with Crippen LogP contribution in [0.15, 0.2) is 24.3 Å². The first-order chi connectivity index (χ1) is 8.00. The highest BCUT2D eigenvalue weighted by Crippen LogP contribution is 2.37. The Morgan fingerprint density at radius 1 is 1.24 bits per heavy atom. The third-order valence-electron chi connectivity index (χ3n) is 3.01. The van der Waals surface area contributed by atoms with Gasteiger partial charge in [-0.05, 0) is 31.0 Å². The van der Waals surface area contributed by atoms with Crippen molar-refractivity contribution >= 4 is 0 Å². The van der Waals surface area contributed by atoms with Crippen LogP contribution < -0.4 is 5.32 Å². The maximum Gasteiger partial charge on any atom is 0.416 e. The van der Waals surface area contributed by atoms with E-state index in [1.165, 1.54) is 18.2 Å². The molecule has 94 valence electrons. The minimum atomic E-state index is -4.50. The Kier molecular flexibility index (Phi) is 3.38. The lowest BCUT2D eigenvalue weighted by atomic mass is 9.97. The first-order valence-corrected chi connectivity index (χ1v) is 5.54. The standard InChI is InChI=1S/C12H13F4N/c13-11(10-6-3-7-17-10)8-4-1-2-5-9(8)12(14,15)16/h1-2,4-5,10-11,17H,3,6-7H2. The summed E-state index contributed by atoms with van der Waals surface area (Å²) >= 11 is 0. The molecule has 2 unspecified atom stereocenters. The van der Waals surface area contributed by atoms with Gasteiger partial charge < -0.3 is 5.32 Å². The number of nitrogens with one attached hydrogen (secondary N) is 1.